The fourth-order valence-corrected chi connectivity index (χ4v) is 10.7. The molecule has 2 aromatic rings. The topological polar surface area (TPSA) is 81.2 Å². The number of benzene rings is 2. The van der Waals surface area contributed by atoms with Crippen molar-refractivity contribution in [2.75, 3.05) is 31.1 Å². The Hall–Kier alpha value is -2.59. The van der Waals surface area contributed by atoms with Crippen molar-refractivity contribution in [2.45, 2.75) is 46.7 Å². The highest BCUT2D eigenvalue weighted by Crippen LogP contribution is 2.68. The summed E-state index contributed by atoms with van der Waals surface area (Å²) >= 11 is 11.6. The summed E-state index contributed by atoms with van der Waals surface area (Å²) in [4.78, 5) is 48.6. The minimum atomic E-state index is -0.773. The summed E-state index contributed by atoms with van der Waals surface area (Å²) in [6.07, 6.45) is 5.05. The van der Waals surface area contributed by atoms with Crippen LogP contribution < -0.4 is 4.90 Å². The molecule has 3 aliphatic rings. The third-order valence-electron chi connectivity index (χ3n) is 8.71. The number of thioether (sulfide) groups is 1. The van der Waals surface area contributed by atoms with Crippen LogP contribution in [0.4, 0.5) is 5.69 Å². The highest BCUT2D eigenvalue weighted by atomic mass is 79.9. The summed E-state index contributed by atoms with van der Waals surface area (Å²) < 4.78 is -0.773. The lowest BCUT2D eigenvalue weighted by Gasteiger charge is -2.38. The first-order valence-electron chi connectivity index (χ1n) is 14.6. The largest absolute Gasteiger partial charge is 0.396 e. The fraction of sp³-hybridized carbons (Fsp3) is 0.424. The van der Waals surface area contributed by atoms with Gasteiger partial charge in [0.1, 0.15) is 6.04 Å². The molecule has 0 saturated carbocycles. The number of hydrogen-bond donors (Lipinski definition) is 1. The van der Waals surface area contributed by atoms with Gasteiger partial charge in [-0.2, -0.15) is 0 Å². The van der Waals surface area contributed by atoms with E-state index in [0.717, 1.165) is 5.56 Å². The number of fused-ring (bicyclic) bond motifs is 1. The number of carbonyl (C=O) groups is 3. The molecule has 228 valence electrons. The molecule has 3 aliphatic heterocycles. The second-order valence-corrected chi connectivity index (χ2v) is 14.5. The van der Waals surface area contributed by atoms with E-state index < -0.39 is 22.6 Å². The van der Waals surface area contributed by atoms with E-state index in [9.17, 15) is 19.5 Å². The normalized spacial score (nSPS) is 27.2. The Balaban J connectivity index is 1.54. The first-order chi connectivity index (χ1) is 20.8. The molecular formula is C33H37BrClN3O4S. The van der Waals surface area contributed by atoms with Crippen LogP contribution in [0, 0.1) is 11.8 Å². The van der Waals surface area contributed by atoms with E-state index in [1.807, 2.05) is 30.3 Å². The number of aliphatic hydroxyl groups excluding tert-OH is 1. The SMILES string of the molecule is C=CCN(Cc1ccccc1)C(=O)[C@H]1[C@@H]2SC3(CC2Br)C(C(=O)N(CC=C)c2ccc(Cl)cc2)N(CCCCO)C(=O)[C@H]13. The van der Waals surface area contributed by atoms with Gasteiger partial charge in [0.25, 0.3) is 5.91 Å². The Kier molecular flexibility index (Phi) is 10.1. The molecule has 3 unspecified atom stereocenters. The Morgan fingerprint density at radius 3 is 2.42 bits per heavy atom. The molecule has 1 spiro atoms. The number of rotatable bonds is 13. The van der Waals surface area contributed by atoms with Gasteiger partial charge in [-0.3, -0.25) is 14.4 Å². The van der Waals surface area contributed by atoms with Gasteiger partial charge in [0, 0.05) is 53.6 Å². The predicted molar refractivity (Wildman–Crippen MR) is 176 cm³/mol. The second kappa shape index (κ2) is 13.6. The van der Waals surface area contributed by atoms with E-state index in [1.54, 1.807) is 62.9 Å². The van der Waals surface area contributed by atoms with Gasteiger partial charge in [0.05, 0.1) is 16.6 Å². The first kappa shape index (κ1) is 31.8. The summed E-state index contributed by atoms with van der Waals surface area (Å²) in [6, 6.07) is 16.1. The van der Waals surface area contributed by atoms with Gasteiger partial charge in [-0.25, -0.2) is 0 Å². The molecule has 6 atom stereocenters. The Morgan fingerprint density at radius 1 is 1.07 bits per heavy atom. The van der Waals surface area contributed by atoms with E-state index in [0.29, 0.717) is 49.6 Å². The summed E-state index contributed by atoms with van der Waals surface area (Å²) in [6.45, 7) is 9.12. The van der Waals surface area contributed by atoms with Crippen molar-refractivity contribution in [3.8, 4) is 0 Å². The number of nitrogens with zero attached hydrogens (tertiary/aromatic N) is 3. The maximum atomic E-state index is 14.7. The molecule has 2 bridgehead atoms. The van der Waals surface area contributed by atoms with Gasteiger partial charge in [0.15, 0.2) is 0 Å². The minimum Gasteiger partial charge on any atom is -0.396 e. The molecule has 7 nitrogen and oxygen atoms in total. The predicted octanol–water partition coefficient (Wildman–Crippen LogP) is 5.31. The first-order valence-corrected chi connectivity index (χ1v) is 16.8. The number of aliphatic hydroxyl groups is 1. The monoisotopic (exact) mass is 685 g/mol. The Morgan fingerprint density at radius 2 is 1.77 bits per heavy atom. The molecule has 0 aliphatic carbocycles. The van der Waals surface area contributed by atoms with Crippen LogP contribution in [0.15, 0.2) is 79.9 Å². The quantitative estimate of drug-likeness (QED) is 0.176. The van der Waals surface area contributed by atoms with Crippen LogP contribution in [0.25, 0.3) is 0 Å². The highest BCUT2D eigenvalue weighted by molar-refractivity contribution is 9.09. The molecule has 3 heterocycles. The van der Waals surface area contributed by atoms with Crippen LogP contribution in [0.5, 0.6) is 0 Å². The van der Waals surface area contributed by atoms with E-state index in [2.05, 4.69) is 29.1 Å². The number of hydrogen-bond acceptors (Lipinski definition) is 5. The number of likely N-dealkylation sites (tertiary alicyclic amines) is 1. The lowest BCUT2D eigenvalue weighted by Crippen LogP contribution is -2.56. The summed E-state index contributed by atoms with van der Waals surface area (Å²) in [5.41, 5.74) is 1.66. The lowest BCUT2D eigenvalue weighted by molar-refractivity contribution is -0.144. The maximum Gasteiger partial charge on any atom is 0.251 e. The highest BCUT2D eigenvalue weighted by Gasteiger charge is 2.76. The van der Waals surface area contributed by atoms with Crippen molar-refractivity contribution in [1.82, 2.24) is 9.80 Å². The zero-order valence-corrected chi connectivity index (χ0v) is 27.1. The molecular weight excluding hydrogens is 650 g/mol. The van der Waals surface area contributed by atoms with Gasteiger partial charge in [-0.15, -0.1) is 24.9 Å². The van der Waals surface area contributed by atoms with Crippen LogP contribution in [-0.4, -0.2) is 79.7 Å². The number of halogens is 2. The van der Waals surface area contributed by atoms with E-state index in [1.165, 1.54) is 0 Å². The van der Waals surface area contributed by atoms with Gasteiger partial charge in [-0.1, -0.05) is 70.0 Å². The summed E-state index contributed by atoms with van der Waals surface area (Å²) in [5, 5.41) is 9.90. The molecule has 0 aromatic heterocycles. The average Bonchev–Trinajstić information content (AvgIpc) is 3.59. The Bertz CT molecular complexity index is 1360. The zero-order chi connectivity index (χ0) is 30.7. The number of carbonyl (C=O) groups excluding carboxylic acids is 3. The standard InChI is InChI=1S/C33H37BrClN3O4S/c1-3-16-36(21-22-10-6-5-7-11-22)30(40)26-27-31(41)38(18-8-9-19-39)29(33(27)20-25(34)28(26)43-33)32(42)37(17-4-2)24-14-12-23(35)13-15-24/h3-7,10-15,25-29,39H,1-2,8-9,16-21H2/t25?,26-,27+,28-,29?,33?/m1/s1. The molecule has 5 rings (SSSR count). The number of unbranched alkanes of at least 4 members (excludes halogenated alkanes) is 1. The van der Waals surface area contributed by atoms with Crippen molar-refractivity contribution in [3.63, 3.8) is 0 Å². The van der Waals surface area contributed by atoms with Crippen molar-refractivity contribution in [2.24, 2.45) is 11.8 Å². The molecule has 3 amide bonds. The van der Waals surface area contributed by atoms with Crippen LogP contribution in [0.3, 0.4) is 0 Å². The third-order valence-corrected chi connectivity index (χ3v) is 12.2. The van der Waals surface area contributed by atoms with Crippen molar-refractivity contribution >= 4 is 62.7 Å². The fourth-order valence-electron chi connectivity index (χ4n) is 6.95. The average molecular weight is 687 g/mol. The molecule has 1 N–H and O–H groups in total. The van der Waals surface area contributed by atoms with Gasteiger partial charge in [0.2, 0.25) is 11.8 Å². The molecule has 2 aromatic carbocycles. The van der Waals surface area contributed by atoms with Crippen LogP contribution in [0.2, 0.25) is 5.02 Å². The van der Waals surface area contributed by atoms with Gasteiger partial charge in [-0.05, 0) is 49.1 Å². The molecule has 0 radical (unpaired) electrons. The van der Waals surface area contributed by atoms with Gasteiger partial charge < -0.3 is 19.8 Å². The number of amides is 3. The second-order valence-electron chi connectivity index (χ2n) is 11.3. The third kappa shape index (κ3) is 5.93. The van der Waals surface area contributed by atoms with Crippen molar-refractivity contribution in [3.05, 3.63) is 90.5 Å². The number of alkyl halides is 1. The smallest absolute Gasteiger partial charge is 0.251 e. The van der Waals surface area contributed by atoms with Crippen LogP contribution in [-0.2, 0) is 20.9 Å². The zero-order valence-electron chi connectivity index (χ0n) is 24.0. The van der Waals surface area contributed by atoms with E-state index >= 15 is 0 Å². The van der Waals surface area contributed by atoms with Crippen LogP contribution in [0.1, 0.15) is 24.8 Å². The number of anilines is 1. The minimum absolute atomic E-state index is 0.0000127. The summed E-state index contributed by atoms with van der Waals surface area (Å²) in [7, 11) is 0. The van der Waals surface area contributed by atoms with Crippen molar-refractivity contribution in [1.29, 1.82) is 0 Å². The molecule has 3 saturated heterocycles. The van der Waals surface area contributed by atoms with E-state index in [4.69, 9.17) is 11.6 Å². The molecule has 3 fully saturated rings. The Labute approximate surface area is 271 Å². The van der Waals surface area contributed by atoms with Crippen molar-refractivity contribution < 1.29 is 19.5 Å². The summed E-state index contributed by atoms with van der Waals surface area (Å²) in [5.74, 6) is -1.66. The maximum absolute atomic E-state index is 14.7. The van der Waals surface area contributed by atoms with Gasteiger partial charge >= 0.3 is 0 Å². The molecule has 10 heteroatoms. The van der Waals surface area contributed by atoms with E-state index in [-0.39, 0.29) is 41.0 Å². The lowest BCUT2D eigenvalue weighted by atomic mass is 9.70. The molecule has 43 heavy (non-hydrogen) atoms. The van der Waals surface area contributed by atoms with Crippen LogP contribution >= 0.6 is 39.3 Å².